The van der Waals surface area contributed by atoms with Crippen molar-refractivity contribution >= 4 is 11.9 Å². The molecule has 4 heteroatoms. The van der Waals surface area contributed by atoms with Gasteiger partial charge in [0, 0.05) is 24.3 Å². The Morgan fingerprint density at radius 3 is 2.75 bits per heavy atom. The molecule has 0 unspecified atom stereocenters. The standard InChI is InChI=1S/C12H18N4/c1-4-11(16-6-5-14-9-16)7-15-8-12(13)10(2)3/h4-10H,13H2,1-3H3/b11-4+,12-8-,15-7-. The monoisotopic (exact) mass is 218 g/mol. The fraction of sp³-hybridized carbons (Fsp3) is 0.333. The van der Waals surface area contributed by atoms with Gasteiger partial charge in [0.25, 0.3) is 0 Å². The van der Waals surface area contributed by atoms with Crippen LogP contribution in [0.1, 0.15) is 20.8 Å². The zero-order valence-electron chi connectivity index (χ0n) is 9.96. The molecule has 0 aliphatic rings. The van der Waals surface area contributed by atoms with E-state index in [4.69, 9.17) is 5.73 Å². The molecule has 1 aromatic heterocycles. The second-order valence-corrected chi connectivity index (χ2v) is 3.75. The molecule has 0 atom stereocenters. The van der Waals surface area contributed by atoms with Gasteiger partial charge < -0.3 is 10.3 Å². The first kappa shape index (κ1) is 12.2. The summed E-state index contributed by atoms with van der Waals surface area (Å²) in [5.41, 5.74) is 7.51. The molecule has 0 aliphatic carbocycles. The summed E-state index contributed by atoms with van der Waals surface area (Å²) in [7, 11) is 0. The van der Waals surface area contributed by atoms with Crippen LogP contribution in [-0.4, -0.2) is 15.8 Å². The fourth-order valence-electron chi connectivity index (χ4n) is 1.05. The Morgan fingerprint density at radius 2 is 2.25 bits per heavy atom. The highest BCUT2D eigenvalue weighted by molar-refractivity contribution is 6.02. The lowest BCUT2D eigenvalue weighted by molar-refractivity contribution is 0.754. The van der Waals surface area contributed by atoms with Gasteiger partial charge in [-0.2, -0.15) is 0 Å². The summed E-state index contributed by atoms with van der Waals surface area (Å²) in [6.45, 7) is 6.03. The number of nitrogens with zero attached hydrogens (tertiary/aromatic N) is 3. The minimum atomic E-state index is 0.319. The maximum Gasteiger partial charge on any atom is 0.0992 e. The summed E-state index contributed by atoms with van der Waals surface area (Å²) in [6, 6.07) is 0. The van der Waals surface area contributed by atoms with Crippen molar-refractivity contribution in [2.45, 2.75) is 20.8 Å². The van der Waals surface area contributed by atoms with Gasteiger partial charge in [0.1, 0.15) is 0 Å². The fourth-order valence-corrected chi connectivity index (χ4v) is 1.05. The van der Waals surface area contributed by atoms with Crippen molar-refractivity contribution in [2.75, 3.05) is 0 Å². The van der Waals surface area contributed by atoms with Crippen molar-refractivity contribution in [1.82, 2.24) is 9.55 Å². The summed E-state index contributed by atoms with van der Waals surface area (Å²) in [4.78, 5) is 8.17. The number of allylic oxidation sites excluding steroid dienone is 3. The average Bonchev–Trinajstić information content (AvgIpc) is 2.77. The van der Waals surface area contributed by atoms with Crippen molar-refractivity contribution < 1.29 is 0 Å². The molecule has 4 nitrogen and oxygen atoms in total. The van der Waals surface area contributed by atoms with E-state index < -0.39 is 0 Å². The largest absolute Gasteiger partial charge is 0.401 e. The van der Waals surface area contributed by atoms with Crippen LogP contribution in [0.15, 0.2) is 41.7 Å². The van der Waals surface area contributed by atoms with Crippen LogP contribution in [0.2, 0.25) is 0 Å². The summed E-state index contributed by atoms with van der Waals surface area (Å²) in [5, 5.41) is 0. The summed E-state index contributed by atoms with van der Waals surface area (Å²) < 4.78 is 1.89. The van der Waals surface area contributed by atoms with Crippen molar-refractivity contribution in [3.8, 4) is 0 Å². The number of rotatable bonds is 4. The zero-order chi connectivity index (χ0) is 12.0. The Labute approximate surface area is 96.2 Å². The normalized spacial score (nSPS) is 14.0. The zero-order valence-corrected chi connectivity index (χ0v) is 9.96. The van der Waals surface area contributed by atoms with E-state index in [9.17, 15) is 0 Å². The van der Waals surface area contributed by atoms with E-state index in [1.807, 2.05) is 37.6 Å². The van der Waals surface area contributed by atoms with Gasteiger partial charge in [-0.05, 0) is 12.8 Å². The van der Waals surface area contributed by atoms with Crippen LogP contribution in [0.4, 0.5) is 0 Å². The Kier molecular flexibility index (Phi) is 4.51. The third-order valence-electron chi connectivity index (χ3n) is 2.20. The first-order valence-electron chi connectivity index (χ1n) is 5.28. The topological polar surface area (TPSA) is 56.2 Å². The molecule has 2 N–H and O–H groups in total. The van der Waals surface area contributed by atoms with Gasteiger partial charge >= 0.3 is 0 Å². The average molecular weight is 218 g/mol. The number of aromatic nitrogens is 2. The molecule has 0 saturated carbocycles. The molecule has 0 saturated heterocycles. The molecule has 0 aliphatic heterocycles. The highest BCUT2D eigenvalue weighted by Crippen LogP contribution is 2.03. The first-order chi connectivity index (χ1) is 7.65. The second-order valence-electron chi connectivity index (χ2n) is 3.75. The van der Waals surface area contributed by atoms with Crippen LogP contribution >= 0.6 is 0 Å². The Morgan fingerprint density at radius 1 is 1.50 bits per heavy atom. The highest BCUT2D eigenvalue weighted by Gasteiger charge is 1.95. The lowest BCUT2D eigenvalue weighted by Crippen LogP contribution is -2.04. The Bertz CT molecular complexity index is 397. The molecule has 0 amide bonds. The van der Waals surface area contributed by atoms with E-state index >= 15 is 0 Å². The number of imidazole rings is 1. The third kappa shape index (κ3) is 3.38. The van der Waals surface area contributed by atoms with Crippen LogP contribution in [0.25, 0.3) is 5.70 Å². The van der Waals surface area contributed by atoms with Gasteiger partial charge in [-0.1, -0.05) is 19.9 Å². The molecular weight excluding hydrogens is 200 g/mol. The highest BCUT2D eigenvalue weighted by atomic mass is 15.0. The van der Waals surface area contributed by atoms with Crippen LogP contribution in [0.3, 0.4) is 0 Å². The van der Waals surface area contributed by atoms with Gasteiger partial charge in [0.15, 0.2) is 0 Å². The number of aliphatic imine (C=N–C) groups is 1. The lowest BCUT2D eigenvalue weighted by atomic mass is 10.2. The maximum absolute atomic E-state index is 5.77. The number of hydrogen-bond acceptors (Lipinski definition) is 3. The van der Waals surface area contributed by atoms with Gasteiger partial charge in [-0.3, -0.25) is 4.99 Å². The molecular formula is C12H18N4. The number of hydrogen-bond donors (Lipinski definition) is 1. The molecule has 86 valence electrons. The van der Waals surface area contributed by atoms with E-state index in [1.54, 1.807) is 24.9 Å². The quantitative estimate of drug-likeness (QED) is 0.788. The predicted octanol–water partition coefficient (Wildman–Crippen LogP) is 2.27. The van der Waals surface area contributed by atoms with E-state index in [1.165, 1.54) is 0 Å². The molecule has 0 bridgehead atoms. The molecule has 1 aromatic rings. The Balaban J connectivity index is 2.73. The van der Waals surface area contributed by atoms with E-state index in [-0.39, 0.29) is 0 Å². The Hall–Kier alpha value is -1.84. The summed E-state index contributed by atoms with van der Waals surface area (Å²) in [5.74, 6) is 0.319. The molecule has 0 aromatic carbocycles. The first-order valence-corrected chi connectivity index (χ1v) is 5.28. The van der Waals surface area contributed by atoms with Gasteiger partial charge in [-0.25, -0.2) is 4.98 Å². The molecule has 0 spiro atoms. The van der Waals surface area contributed by atoms with E-state index in [2.05, 4.69) is 9.98 Å². The number of nitrogens with two attached hydrogens (primary N) is 1. The molecule has 1 heterocycles. The van der Waals surface area contributed by atoms with Crippen molar-refractivity contribution in [2.24, 2.45) is 16.6 Å². The minimum absolute atomic E-state index is 0.319. The lowest BCUT2D eigenvalue weighted by Gasteiger charge is -2.02. The maximum atomic E-state index is 5.77. The van der Waals surface area contributed by atoms with Gasteiger partial charge in [0.2, 0.25) is 0 Å². The van der Waals surface area contributed by atoms with Crippen LogP contribution in [-0.2, 0) is 0 Å². The third-order valence-corrected chi connectivity index (χ3v) is 2.20. The molecule has 16 heavy (non-hydrogen) atoms. The SMILES string of the molecule is C\C=C(/C=N\C=C(/N)C(C)C)n1ccnc1. The van der Waals surface area contributed by atoms with Gasteiger partial charge in [-0.15, -0.1) is 0 Å². The molecule has 1 rings (SSSR count). The molecule has 0 fully saturated rings. The summed E-state index contributed by atoms with van der Waals surface area (Å²) >= 11 is 0. The summed E-state index contributed by atoms with van der Waals surface area (Å²) in [6.07, 6.45) is 10.7. The minimum Gasteiger partial charge on any atom is -0.401 e. The smallest absolute Gasteiger partial charge is 0.0992 e. The molecule has 0 radical (unpaired) electrons. The van der Waals surface area contributed by atoms with Crippen LogP contribution in [0.5, 0.6) is 0 Å². The second kappa shape index (κ2) is 5.90. The van der Waals surface area contributed by atoms with Crippen molar-refractivity contribution in [1.29, 1.82) is 0 Å². The predicted molar refractivity (Wildman–Crippen MR) is 67.8 cm³/mol. The van der Waals surface area contributed by atoms with Gasteiger partial charge in [0.05, 0.1) is 18.2 Å². The van der Waals surface area contributed by atoms with Crippen LogP contribution < -0.4 is 5.73 Å². The van der Waals surface area contributed by atoms with E-state index in [0.29, 0.717) is 5.92 Å². The van der Waals surface area contributed by atoms with Crippen molar-refractivity contribution in [3.63, 3.8) is 0 Å². The van der Waals surface area contributed by atoms with Crippen molar-refractivity contribution in [3.05, 3.63) is 36.7 Å². The van der Waals surface area contributed by atoms with E-state index in [0.717, 1.165) is 11.4 Å². The van der Waals surface area contributed by atoms with Crippen LogP contribution in [0, 0.1) is 5.92 Å².